The Kier molecular flexibility index (Phi) is 5.55. The van der Waals surface area contributed by atoms with Gasteiger partial charge in [-0.15, -0.1) is 0 Å². The topological polar surface area (TPSA) is 68.2 Å². The smallest absolute Gasteiger partial charge is 0.252 e. The van der Waals surface area contributed by atoms with Crippen LogP contribution >= 0.6 is 0 Å². The summed E-state index contributed by atoms with van der Waals surface area (Å²) in [6.07, 6.45) is 10.4. The van der Waals surface area contributed by atoms with Gasteiger partial charge in [-0.3, -0.25) is 9.48 Å². The first-order chi connectivity index (χ1) is 13.3. The van der Waals surface area contributed by atoms with Crippen LogP contribution in [0.4, 0.5) is 5.69 Å². The van der Waals surface area contributed by atoms with Crippen molar-refractivity contribution in [1.82, 2.24) is 15.1 Å². The molecule has 1 aromatic heterocycles. The van der Waals surface area contributed by atoms with Crippen molar-refractivity contribution < 1.29 is 9.53 Å². The van der Waals surface area contributed by atoms with E-state index in [2.05, 4.69) is 15.7 Å². The molecule has 4 rings (SSSR count). The predicted molar refractivity (Wildman–Crippen MR) is 104 cm³/mol. The van der Waals surface area contributed by atoms with E-state index in [-0.39, 0.29) is 5.91 Å². The number of aromatic nitrogens is 2. The molecule has 2 heterocycles. The molecular weight excluding hydrogens is 340 g/mol. The Morgan fingerprint density at radius 3 is 2.63 bits per heavy atom. The van der Waals surface area contributed by atoms with E-state index in [0.29, 0.717) is 12.7 Å². The molecular formula is C21H28N4O2. The van der Waals surface area contributed by atoms with Gasteiger partial charge in [-0.1, -0.05) is 25.0 Å². The molecule has 1 aliphatic heterocycles. The lowest BCUT2D eigenvalue weighted by atomic mass is 9.87. The first kappa shape index (κ1) is 18.2. The second-order valence-electron chi connectivity index (χ2n) is 7.60. The SMILES string of the molecule is O=C(Nc1ccc(COC2CCCC2)cc1)C1(n2cccn2)CCNCC1. The van der Waals surface area contributed by atoms with E-state index in [1.165, 1.54) is 25.7 Å². The van der Waals surface area contributed by atoms with Crippen molar-refractivity contribution in [2.24, 2.45) is 0 Å². The van der Waals surface area contributed by atoms with E-state index in [1.807, 2.05) is 41.2 Å². The average Bonchev–Trinajstić information content (AvgIpc) is 3.42. The molecule has 0 radical (unpaired) electrons. The van der Waals surface area contributed by atoms with Crippen LogP contribution in [0.1, 0.15) is 44.1 Å². The van der Waals surface area contributed by atoms with Gasteiger partial charge in [0.15, 0.2) is 0 Å². The molecule has 27 heavy (non-hydrogen) atoms. The van der Waals surface area contributed by atoms with Gasteiger partial charge >= 0.3 is 0 Å². The fraction of sp³-hybridized carbons (Fsp3) is 0.524. The van der Waals surface area contributed by atoms with E-state index < -0.39 is 5.54 Å². The van der Waals surface area contributed by atoms with Crippen LogP contribution in [0.15, 0.2) is 42.7 Å². The van der Waals surface area contributed by atoms with Gasteiger partial charge in [-0.2, -0.15) is 5.10 Å². The minimum Gasteiger partial charge on any atom is -0.374 e. The number of nitrogens with one attached hydrogen (secondary N) is 2. The first-order valence-corrected chi connectivity index (χ1v) is 9.99. The lowest BCUT2D eigenvalue weighted by Gasteiger charge is -2.36. The Morgan fingerprint density at radius 2 is 1.96 bits per heavy atom. The maximum absolute atomic E-state index is 13.1. The highest BCUT2D eigenvalue weighted by molar-refractivity contribution is 5.96. The van der Waals surface area contributed by atoms with E-state index in [1.54, 1.807) is 6.20 Å². The van der Waals surface area contributed by atoms with Crippen LogP contribution in [0, 0.1) is 0 Å². The van der Waals surface area contributed by atoms with Crippen molar-refractivity contribution in [1.29, 1.82) is 0 Å². The normalized spacial score (nSPS) is 19.9. The summed E-state index contributed by atoms with van der Waals surface area (Å²) in [7, 11) is 0. The molecule has 1 aliphatic carbocycles. The van der Waals surface area contributed by atoms with Crippen molar-refractivity contribution in [2.75, 3.05) is 18.4 Å². The van der Waals surface area contributed by atoms with Crippen LogP contribution in [0.25, 0.3) is 0 Å². The summed E-state index contributed by atoms with van der Waals surface area (Å²) >= 11 is 0. The molecule has 0 spiro atoms. The Morgan fingerprint density at radius 1 is 1.22 bits per heavy atom. The molecule has 1 amide bonds. The number of hydrogen-bond acceptors (Lipinski definition) is 4. The maximum Gasteiger partial charge on any atom is 0.252 e. The highest BCUT2D eigenvalue weighted by atomic mass is 16.5. The first-order valence-electron chi connectivity index (χ1n) is 9.99. The van der Waals surface area contributed by atoms with Crippen molar-refractivity contribution in [3.05, 3.63) is 48.3 Å². The van der Waals surface area contributed by atoms with Crippen molar-refractivity contribution in [3.8, 4) is 0 Å². The molecule has 2 N–H and O–H groups in total. The molecule has 0 unspecified atom stereocenters. The largest absolute Gasteiger partial charge is 0.374 e. The highest BCUT2D eigenvalue weighted by Gasteiger charge is 2.42. The van der Waals surface area contributed by atoms with Crippen molar-refractivity contribution >= 4 is 11.6 Å². The van der Waals surface area contributed by atoms with E-state index in [9.17, 15) is 4.79 Å². The van der Waals surface area contributed by atoms with Crippen LogP contribution in [0.3, 0.4) is 0 Å². The highest BCUT2D eigenvalue weighted by Crippen LogP contribution is 2.29. The predicted octanol–water partition coefficient (Wildman–Crippen LogP) is 3.06. The lowest BCUT2D eigenvalue weighted by Crippen LogP contribution is -2.52. The quantitative estimate of drug-likeness (QED) is 0.822. The van der Waals surface area contributed by atoms with Crippen LogP contribution < -0.4 is 10.6 Å². The van der Waals surface area contributed by atoms with Crippen LogP contribution in [-0.4, -0.2) is 34.9 Å². The number of piperidine rings is 1. The van der Waals surface area contributed by atoms with Crippen molar-refractivity contribution in [3.63, 3.8) is 0 Å². The number of amides is 1. The molecule has 0 atom stereocenters. The molecule has 6 heteroatoms. The fourth-order valence-electron chi connectivity index (χ4n) is 4.12. The molecule has 144 valence electrons. The number of rotatable bonds is 6. The number of nitrogens with zero attached hydrogens (tertiary/aromatic N) is 2. The monoisotopic (exact) mass is 368 g/mol. The van der Waals surface area contributed by atoms with Crippen molar-refractivity contribution in [2.45, 2.75) is 56.8 Å². The third-order valence-electron chi connectivity index (χ3n) is 5.80. The van der Waals surface area contributed by atoms with Gasteiger partial charge in [-0.05, 0) is 62.5 Å². The molecule has 2 aromatic rings. The van der Waals surface area contributed by atoms with E-state index in [4.69, 9.17) is 4.74 Å². The summed E-state index contributed by atoms with van der Waals surface area (Å²) in [5.41, 5.74) is 1.33. The Bertz CT molecular complexity index is 730. The van der Waals surface area contributed by atoms with Gasteiger partial charge in [0.25, 0.3) is 5.91 Å². The number of carbonyl (C=O) groups is 1. The molecule has 1 saturated carbocycles. The third-order valence-corrected chi connectivity index (χ3v) is 5.80. The second-order valence-corrected chi connectivity index (χ2v) is 7.60. The van der Waals surface area contributed by atoms with Gasteiger partial charge in [0.05, 0.1) is 12.7 Å². The van der Waals surface area contributed by atoms with E-state index >= 15 is 0 Å². The van der Waals surface area contributed by atoms with Gasteiger partial charge in [0.2, 0.25) is 0 Å². The summed E-state index contributed by atoms with van der Waals surface area (Å²) in [5, 5.41) is 10.8. The molecule has 2 fully saturated rings. The molecule has 1 saturated heterocycles. The number of anilines is 1. The van der Waals surface area contributed by atoms with Gasteiger partial charge in [0, 0.05) is 18.1 Å². The number of hydrogen-bond donors (Lipinski definition) is 2. The van der Waals surface area contributed by atoms with Gasteiger partial charge in [0.1, 0.15) is 5.54 Å². The summed E-state index contributed by atoms with van der Waals surface area (Å²) in [4.78, 5) is 13.1. The fourth-order valence-corrected chi connectivity index (χ4v) is 4.12. The number of benzene rings is 1. The minimum absolute atomic E-state index is 0.00246. The van der Waals surface area contributed by atoms with Crippen LogP contribution in [-0.2, 0) is 21.7 Å². The van der Waals surface area contributed by atoms with Gasteiger partial charge < -0.3 is 15.4 Å². The average molecular weight is 368 g/mol. The lowest BCUT2D eigenvalue weighted by molar-refractivity contribution is -0.126. The minimum atomic E-state index is -0.626. The second kappa shape index (κ2) is 8.23. The van der Waals surface area contributed by atoms with Gasteiger partial charge in [-0.25, -0.2) is 0 Å². The Hall–Kier alpha value is -2.18. The van der Waals surface area contributed by atoms with Crippen LogP contribution in [0.2, 0.25) is 0 Å². The summed E-state index contributed by atoms with van der Waals surface area (Å²) in [6, 6.07) is 9.86. The molecule has 2 aliphatic rings. The third kappa shape index (κ3) is 4.06. The molecule has 6 nitrogen and oxygen atoms in total. The van der Waals surface area contributed by atoms with E-state index in [0.717, 1.165) is 37.2 Å². The number of ether oxygens (including phenoxy) is 1. The molecule has 1 aromatic carbocycles. The Labute approximate surface area is 160 Å². The van der Waals surface area contributed by atoms with Crippen LogP contribution in [0.5, 0.6) is 0 Å². The Balaban J connectivity index is 1.40. The summed E-state index contributed by atoms with van der Waals surface area (Å²) in [6.45, 7) is 2.26. The standard InChI is InChI=1S/C21H28N4O2/c26-20(21(10-13-22-14-11-21)25-15-3-12-23-25)24-18-8-6-17(7-9-18)16-27-19-4-1-2-5-19/h3,6-9,12,15,19,22H,1-2,4-5,10-11,13-14,16H2,(H,24,26). The zero-order chi connectivity index (χ0) is 18.5. The maximum atomic E-state index is 13.1. The summed E-state index contributed by atoms with van der Waals surface area (Å²) < 4.78 is 7.78. The number of carbonyl (C=O) groups excluding carboxylic acids is 1. The summed E-state index contributed by atoms with van der Waals surface area (Å²) in [5.74, 6) is 0.00246. The zero-order valence-electron chi connectivity index (χ0n) is 15.7. The molecule has 0 bridgehead atoms. The zero-order valence-corrected chi connectivity index (χ0v) is 15.7.